The predicted molar refractivity (Wildman–Crippen MR) is 119 cm³/mol. The van der Waals surface area contributed by atoms with Gasteiger partial charge < -0.3 is 14.8 Å². The minimum Gasteiger partial charge on any atom is -0.497 e. The molecule has 3 aromatic rings. The third-order valence-corrected chi connectivity index (χ3v) is 5.94. The molecule has 0 fully saturated rings. The van der Waals surface area contributed by atoms with E-state index in [2.05, 4.69) is 10.0 Å². The molecule has 0 aromatic heterocycles. The molecule has 3 rings (SSSR count). The number of hydrogen-bond donors (Lipinski definition) is 2. The molecule has 32 heavy (non-hydrogen) atoms. The Kier molecular flexibility index (Phi) is 7.32. The van der Waals surface area contributed by atoms with Crippen LogP contribution in [0.5, 0.6) is 11.5 Å². The second-order valence-corrected chi connectivity index (χ2v) is 8.53. The lowest BCUT2D eigenvalue weighted by atomic mass is 10.1. The quantitative estimate of drug-likeness (QED) is 0.477. The number of nitrogens with one attached hydrogen (secondary N) is 2. The molecule has 9 heteroatoms. The Hall–Kier alpha value is -3.59. The highest BCUT2D eigenvalue weighted by Gasteiger charge is 2.19. The van der Waals surface area contributed by atoms with E-state index >= 15 is 0 Å². The number of sulfonamides is 1. The van der Waals surface area contributed by atoms with E-state index in [0.29, 0.717) is 17.1 Å². The topological polar surface area (TPSA) is 93.7 Å². The minimum atomic E-state index is -4.08. The molecule has 0 saturated carbocycles. The van der Waals surface area contributed by atoms with Crippen LogP contribution in [-0.2, 0) is 10.0 Å². The Morgan fingerprint density at radius 3 is 2.50 bits per heavy atom. The number of methoxy groups -OCH3 is 1. The number of para-hydroxylation sites is 1. The monoisotopic (exact) mass is 458 g/mol. The molecule has 0 atom stereocenters. The largest absolute Gasteiger partial charge is 0.497 e. The van der Waals surface area contributed by atoms with E-state index in [1.807, 2.05) is 0 Å². The van der Waals surface area contributed by atoms with Crippen LogP contribution in [0.15, 0.2) is 71.6 Å². The van der Waals surface area contributed by atoms with Crippen molar-refractivity contribution in [3.8, 4) is 11.5 Å². The van der Waals surface area contributed by atoms with Crippen LogP contribution in [-0.4, -0.2) is 34.6 Å². The maximum Gasteiger partial charge on any atom is 0.262 e. The van der Waals surface area contributed by atoms with Crippen molar-refractivity contribution in [2.45, 2.75) is 11.8 Å². The molecule has 0 aliphatic heterocycles. The summed E-state index contributed by atoms with van der Waals surface area (Å²) < 4.78 is 52.1. The number of carbonyl (C=O) groups is 1. The summed E-state index contributed by atoms with van der Waals surface area (Å²) in [5.74, 6) is 0.114. The second kappa shape index (κ2) is 10.1. The number of carbonyl (C=O) groups excluding carboxylic acids is 1. The van der Waals surface area contributed by atoms with E-state index < -0.39 is 21.7 Å². The number of aryl methyl sites for hydroxylation is 1. The van der Waals surface area contributed by atoms with E-state index in [1.165, 1.54) is 36.4 Å². The molecular weight excluding hydrogens is 435 g/mol. The zero-order valence-electron chi connectivity index (χ0n) is 17.6. The summed E-state index contributed by atoms with van der Waals surface area (Å²) in [4.78, 5) is 12.5. The lowest BCUT2D eigenvalue weighted by Gasteiger charge is -2.12. The average molecular weight is 459 g/mol. The van der Waals surface area contributed by atoms with Crippen LogP contribution in [0.4, 0.5) is 10.1 Å². The molecule has 168 valence electrons. The predicted octanol–water partition coefficient (Wildman–Crippen LogP) is 3.75. The summed E-state index contributed by atoms with van der Waals surface area (Å²) in [6, 6.07) is 16.7. The third kappa shape index (κ3) is 5.76. The Morgan fingerprint density at radius 2 is 1.75 bits per heavy atom. The van der Waals surface area contributed by atoms with Crippen LogP contribution in [0, 0.1) is 12.7 Å². The fraction of sp³-hybridized carbons (Fsp3) is 0.174. The fourth-order valence-electron chi connectivity index (χ4n) is 2.88. The number of anilines is 1. The molecular formula is C23H23FN2O5S. The highest BCUT2D eigenvalue weighted by molar-refractivity contribution is 7.92. The van der Waals surface area contributed by atoms with Crippen LogP contribution in [0.1, 0.15) is 15.9 Å². The van der Waals surface area contributed by atoms with Gasteiger partial charge in [-0.05, 0) is 48.9 Å². The summed E-state index contributed by atoms with van der Waals surface area (Å²) in [6.07, 6.45) is 0. The first-order chi connectivity index (χ1) is 15.3. The smallest absolute Gasteiger partial charge is 0.262 e. The number of amides is 1. The highest BCUT2D eigenvalue weighted by atomic mass is 32.2. The lowest BCUT2D eigenvalue weighted by molar-refractivity contribution is 0.0946. The Bertz CT molecular complexity index is 1210. The van der Waals surface area contributed by atoms with E-state index in [-0.39, 0.29) is 29.3 Å². The van der Waals surface area contributed by atoms with Gasteiger partial charge in [0.2, 0.25) is 0 Å². The van der Waals surface area contributed by atoms with Crippen molar-refractivity contribution in [2.75, 3.05) is 25.0 Å². The van der Waals surface area contributed by atoms with Crippen LogP contribution >= 0.6 is 0 Å². The van der Waals surface area contributed by atoms with Gasteiger partial charge in [-0.2, -0.15) is 0 Å². The van der Waals surface area contributed by atoms with Gasteiger partial charge in [-0.25, -0.2) is 12.8 Å². The molecule has 0 bridgehead atoms. The molecule has 0 unspecified atom stereocenters. The number of rotatable bonds is 9. The molecule has 0 aliphatic carbocycles. The third-order valence-electron chi connectivity index (χ3n) is 4.58. The van der Waals surface area contributed by atoms with E-state index in [1.54, 1.807) is 38.3 Å². The van der Waals surface area contributed by atoms with Crippen molar-refractivity contribution in [3.05, 3.63) is 83.7 Å². The number of hydrogen-bond acceptors (Lipinski definition) is 5. The molecule has 0 aliphatic rings. The van der Waals surface area contributed by atoms with Gasteiger partial charge in [0.05, 0.1) is 24.2 Å². The van der Waals surface area contributed by atoms with Crippen LogP contribution in [0.25, 0.3) is 0 Å². The molecule has 7 nitrogen and oxygen atoms in total. The Morgan fingerprint density at radius 1 is 1.00 bits per heavy atom. The van der Waals surface area contributed by atoms with Crippen molar-refractivity contribution in [3.63, 3.8) is 0 Å². The zero-order valence-corrected chi connectivity index (χ0v) is 18.4. The van der Waals surface area contributed by atoms with Crippen LogP contribution in [0.3, 0.4) is 0 Å². The SMILES string of the molecule is COc1cccc(OCCNC(=O)c2cc(S(=O)(=O)Nc3ccccc3F)ccc2C)c1. The van der Waals surface area contributed by atoms with Crippen molar-refractivity contribution in [2.24, 2.45) is 0 Å². The summed E-state index contributed by atoms with van der Waals surface area (Å²) >= 11 is 0. The van der Waals surface area contributed by atoms with Gasteiger partial charge in [-0.15, -0.1) is 0 Å². The van der Waals surface area contributed by atoms with Gasteiger partial charge in [-0.1, -0.05) is 24.3 Å². The Labute approximate surface area is 186 Å². The molecule has 3 aromatic carbocycles. The summed E-state index contributed by atoms with van der Waals surface area (Å²) in [7, 11) is -2.53. The van der Waals surface area contributed by atoms with Gasteiger partial charge in [0.25, 0.3) is 15.9 Å². The Balaban J connectivity index is 1.65. The maximum atomic E-state index is 13.8. The van der Waals surface area contributed by atoms with E-state index in [0.717, 1.165) is 6.07 Å². The summed E-state index contributed by atoms with van der Waals surface area (Å²) in [5, 5.41) is 2.71. The maximum absolute atomic E-state index is 13.8. The molecule has 1 amide bonds. The first kappa shape index (κ1) is 23.1. The van der Waals surface area contributed by atoms with Crippen molar-refractivity contribution in [1.29, 1.82) is 0 Å². The summed E-state index contributed by atoms with van der Waals surface area (Å²) in [6.45, 7) is 2.12. The van der Waals surface area contributed by atoms with E-state index in [4.69, 9.17) is 9.47 Å². The molecule has 0 heterocycles. The molecule has 0 radical (unpaired) electrons. The van der Waals surface area contributed by atoms with Gasteiger partial charge in [0.15, 0.2) is 0 Å². The van der Waals surface area contributed by atoms with Gasteiger partial charge >= 0.3 is 0 Å². The highest BCUT2D eigenvalue weighted by Crippen LogP contribution is 2.21. The van der Waals surface area contributed by atoms with E-state index in [9.17, 15) is 17.6 Å². The fourth-order valence-corrected chi connectivity index (χ4v) is 3.97. The number of halogens is 1. The molecule has 0 spiro atoms. The summed E-state index contributed by atoms with van der Waals surface area (Å²) in [5.41, 5.74) is 0.623. The number of ether oxygens (including phenoxy) is 2. The molecule has 2 N–H and O–H groups in total. The van der Waals surface area contributed by atoms with Gasteiger partial charge in [-0.3, -0.25) is 9.52 Å². The zero-order chi connectivity index (χ0) is 23.1. The van der Waals surface area contributed by atoms with Crippen molar-refractivity contribution < 1.29 is 27.1 Å². The van der Waals surface area contributed by atoms with Crippen molar-refractivity contribution in [1.82, 2.24) is 5.32 Å². The van der Waals surface area contributed by atoms with Gasteiger partial charge in [0, 0.05) is 11.6 Å². The first-order valence-corrected chi connectivity index (χ1v) is 11.2. The lowest BCUT2D eigenvalue weighted by Crippen LogP contribution is -2.29. The second-order valence-electron chi connectivity index (χ2n) is 6.85. The molecule has 0 saturated heterocycles. The van der Waals surface area contributed by atoms with Crippen LogP contribution < -0.4 is 19.5 Å². The van der Waals surface area contributed by atoms with Crippen LogP contribution in [0.2, 0.25) is 0 Å². The first-order valence-electron chi connectivity index (χ1n) is 9.73. The number of benzene rings is 3. The normalized spacial score (nSPS) is 11.0. The average Bonchev–Trinajstić information content (AvgIpc) is 2.78. The standard InChI is InChI=1S/C23H23FN2O5S/c1-16-10-11-19(32(28,29)26-22-9-4-3-8-21(22)24)15-20(16)23(27)25-12-13-31-18-7-5-6-17(14-18)30-2/h3-11,14-15,26H,12-13H2,1-2H3,(H,25,27). The minimum absolute atomic E-state index is 0.149. The van der Waals surface area contributed by atoms with Crippen molar-refractivity contribution >= 4 is 21.6 Å². The van der Waals surface area contributed by atoms with Gasteiger partial charge in [0.1, 0.15) is 23.9 Å².